The molecule has 4 heteroatoms. The lowest BCUT2D eigenvalue weighted by atomic mass is 9.80. The Bertz CT molecular complexity index is 525. The van der Waals surface area contributed by atoms with Crippen LogP contribution in [0.25, 0.3) is 0 Å². The predicted molar refractivity (Wildman–Crippen MR) is 74.7 cm³/mol. The zero-order chi connectivity index (χ0) is 13.9. The number of amides is 1. The lowest BCUT2D eigenvalue weighted by Crippen LogP contribution is -2.42. The number of nitrogens with one attached hydrogen (secondary N) is 2. The normalized spacial score (nSPS) is 17.5. The molecule has 1 aliphatic rings. The van der Waals surface area contributed by atoms with E-state index in [1.165, 1.54) is 0 Å². The van der Waals surface area contributed by atoms with Gasteiger partial charge in [-0.25, -0.2) is 0 Å². The maximum atomic E-state index is 12.4. The van der Waals surface area contributed by atoms with Crippen LogP contribution >= 0.6 is 0 Å². The monoisotopic (exact) mass is 257 g/mol. The quantitative estimate of drug-likeness (QED) is 0.853. The number of nitrogens with zero attached hydrogens (tertiary/aromatic N) is 1. The Labute approximate surface area is 113 Å². The van der Waals surface area contributed by atoms with Crippen LogP contribution in [0.15, 0.2) is 18.2 Å². The summed E-state index contributed by atoms with van der Waals surface area (Å²) < 4.78 is 0. The molecule has 1 aromatic carbocycles. The first-order valence-corrected chi connectivity index (χ1v) is 6.58. The second-order valence-corrected chi connectivity index (χ2v) is 5.41. The van der Waals surface area contributed by atoms with Crippen molar-refractivity contribution in [1.82, 2.24) is 5.32 Å². The van der Waals surface area contributed by atoms with Crippen molar-refractivity contribution >= 4 is 11.6 Å². The molecule has 1 fully saturated rings. The molecule has 0 unspecified atom stereocenters. The molecule has 0 aliphatic carbocycles. The van der Waals surface area contributed by atoms with Crippen molar-refractivity contribution in [2.45, 2.75) is 26.7 Å². The van der Waals surface area contributed by atoms with Gasteiger partial charge in [0, 0.05) is 11.1 Å². The molecule has 0 aromatic heterocycles. The van der Waals surface area contributed by atoms with E-state index in [1.54, 1.807) is 12.1 Å². The SMILES string of the molecule is Cc1ccc(C#N)cc1NC(=O)C1(C)CCNCC1. The van der Waals surface area contributed by atoms with Crippen LogP contribution in [0.2, 0.25) is 0 Å². The molecule has 4 nitrogen and oxygen atoms in total. The van der Waals surface area contributed by atoms with E-state index >= 15 is 0 Å². The van der Waals surface area contributed by atoms with E-state index in [2.05, 4.69) is 16.7 Å². The fraction of sp³-hybridized carbons (Fsp3) is 0.467. The van der Waals surface area contributed by atoms with Crippen LogP contribution in [0.5, 0.6) is 0 Å². The number of nitriles is 1. The summed E-state index contributed by atoms with van der Waals surface area (Å²) in [4.78, 5) is 12.4. The molecule has 2 rings (SSSR count). The van der Waals surface area contributed by atoms with Crippen LogP contribution in [0.1, 0.15) is 30.9 Å². The van der Waals surface area contributed by atoms with E-state index in [0.717, 1.165) is 37.2 Å². The van der Waals surface area contributed by atoms with Crippen molar-refractivity contribution in [3.8, 4) is 6.07 Å². The highest BCUT2D eigenvalue weighted by Crippen LogP contribution is 2.30. The van der Waals surface area contributed by atoms with Crippen LogP contribution in [-0.2, 0) is 4.79 Å². The van der Waals surface area contributed by atoms with Crippen molar-refractivity contribution in [3.63, 3.8) is 0 Å². The van der Waals surface area contributed by atoms with E-state index in [9.17, 15) is 4.79 Å². The summed E-state index contributed by atoms with van der Waals surface area (Å²) in [6, 6.07) is 7.45. The highest BCUT2D eigenvalue weighted by Gasteiger charge is 2.34. The maximum Gasteiger partial charge on any atom is 0.230 e. The second kappa shape index (κ2) is 5.41. The van der Waals surface area contributed by atoms with Crippen molar-refractivity contribution in [2.75, 3.05) is 18.4 Å². The van der Waals surface area contributed by atoms with Gasteiger partial charge in [-0.1, -0.05) is 13.0 Å². The zero-order valence-electron chi connectivity index (χ0n) is 11.4. The number of hydrogen-bond donors (Lipinski definition) is 2. The number of aryl methyl sites for hydroxylation is 1. The Kier molecular flexibility index (Phi) is 3.87. The van der Waals surface area contributed by atoms with Gasteiger partial charge in [-0.15, -0.1) is 0 Å². The standard InChI is InChI=1S/C15H19N3O/c1-11-3-4-12(10-16)9-13(11)18-14(19)15(2)5-7-17-8-6-15/h3-4,9,17H,5-8H2,1-2H3,(H,18,19). The molecule has 1 saturated heterocycles. The topological polar surface area (TPSA) is 64.9 Å². The third-order valence-electron chi connectivity index (χ3n) is 3.87. The fourth-order valence-corrected chi connectivity index (χ4v) is 2.31. The largest absolute Gasteiger partial charge is 0.325 e. The van der Waals surface area contributed by atoms with Gasteiger partial charge in [-0.05, 0) is 50.6 Å². The van der Waals surface area contributed by atoms with Crippen LogP contribution in [0, 0.1) is 23.7 Å². The summed E-state index contributed by atoms with van der Waals surface area (Å²) in [5, 5.41) is 15.2. The number of anilines is 1. The van der Waals surface area contributed by atoms with Crippen molar-refractivity contribution in [1.29, 1.82) is 5.26 Å². The van der Waals surface area contributed by atoms with Crippen molar-refractivity contribution in [2.24, 2.45) is 5.41 Å². The fourth-order valence-electron chi connectivity index (χ4n) is 2.31. The van der Waals surface area contributed by atoms with Gasteiger partial charge in [0.25, 0.3) is 0 Å². The zero-order valence-corrected chi connectivity index (χ0v) is 11.4. The molecule has 19 heavy (non-hydrogen) atoms. The molecule has 0 bridgehead atoms. The Balaban J connectivity index is 2.16. The molecule has 2 N–H and O–H groups in total. The van der Waals surface area contributed by atoms with Crippen molar-refractivity contribution < 1.29 is 4.79 Å². The number of hydrogen-bond acceptors (Lipinski definition) is 3. The minimum absolute atomic E-state index is 0.0483. The van der Waals surface area contributed by atoms with Gasteiger partial charge in [-0.2, -0.15) is 5.26 Å². The summed E-state index contributed by atoms with van der Waals surface area (Å²) >= 11 is 0. The smallest absolute Gasteiger partial charge is 0.230 e. The molecule has 0 spiro atoms. The first kappa shape index (κ1) is 13.6. The Morgan fingerprint density at radius 1 is 1.42 bits per heavy atom. The first-order chi connectivity index (χ1) is 9.05. The van der Waals surface area contributed by atoms with Crippen LogP contribution in [0.3, 0.4) is 0 Å². The number of piperidine rings is 1. The van der Waals surface area contributed by atoms with Crippen LogP contribution in [0.4, 0.5) is 5.69 Å². The van der Waals surface area contributed by atoms with Gasteiger partial charge in [0.05, 0.1) is 11.6 Å². The highest BCUT2D eigenvalue weighted by molar-refractivity contribution is 5.95. The lowest BCUT2D eigenvalue weighted by Gasteiger charge is -2.32. The predicted octanol–water partition coefficient (Wildman–Crippen LogP) is 2.19. The molecule has 0 atom stereocenters. The number of benzene rings is 1. The molecule has 0 radical (unpaired) electrons. The summed E-state index contributed by atoms with van der Waals surface area (Å²) in [6.45, 7) is 5.69. The van der Waals surface area contributed by atoms with Gasteiger partial charge in [0.15, 0.2) is 0 Å². The number of carbonyl (C=O) groups is 1. The highest BCUT2D eigenvalue weighted by atomic mass is 16.2. The molecule has 0 saturated carbocycles. The Morgan fingerprint density at radius 3 is 2.74 bits per heavy atom. The minimum atomic E-state index is -0.319. The van der Waals surface area contributed by atoms with E-state index in [1.807, 2.05) is 19.9 Å². The number of rotatable bonds is 2. The van der Waals surface area contributed by atoms with Crippen molar-refractivity contribution in [3.05, 3.63) is 29.3 Å². The first-order valence-electron chi connectivity index (χ1n) is 6.58. The molecule has 1 aliphatic heterocycles. The van der Waals surface area contributed by atoms with E-state index in [4.69, 9.17) is 5.26 Å². The Morgan fingerprint density at radius 2 is 2.11 bits per heavy atom. The second-order valence-electron chi connectivity index (χ2n) is 5.41. The average Bonchev–Trinajstić information content (AvgIpc) is 2.42. The molecular weight excluding hydrogens is 238 g/mol. The van der Waals surface area contributed by atoms with Crippen LogP contribution < -0.4 is 10.6 Å². The lowest BCUT2D eigenvalue weighted by molar-refractivity contribution is -0.126. The van der Waals surface area contributed by atoms with E-state index < -0.39 is 0 Å². The summed E-state index contributed by atoms with van der Waals surface area (Å²) in [5.41, 5.74) is 1.96. The third-order valence-corrected chi connectivity index (χ3v) is 3.87. The van der Waals surface area contributed by atoms with E-state index in [0.29, 0.717) is 5.56 Å². The maximum absolute atomic E-state index is 12.4. The van der Waals surface area contributed by atoms with Gasteiger partial charge in [0.1, 0.15) is 0 Å². The van der Waals surface area contributed by atoms with E-state index in [-0.39, 0.29) is 11.3 Å². The van der Waals surface area contributed by atoms with Gasteiger partial charge < -0.3 is 10.6 Å². The summed E-state index contributed by atoms with van der Waals surface area (Å²) in [7, 11) is 0. The van der Waals surface area contributed by atoms with Gasteiger partial charge in [-0.3, -0.25) is 4.79 Å². The van der Waals surface area contributed by atoms with Gasteiger partial charge in [0.2, 0.25) is 5.91 Å². The molecule has 1 heterocycles. The minimum Gasteiger partial charge on any atom is -0.325 e. The Hall–Kier alpha value is -1.86. The molecule has 1 aromatic rings. The molecule has 1 amide bonds. The summed E-state index contributed by atoms with van der Waals surface area (Å²) in [6.07, 6.45) is 1.69. The van der Waals surface area contributed by atoms with Crippen LogP contribution in [-0.4, -0.2) is 19.0 Å². The molecule has 100 valence electrons. The molecular formula is C15H19N3O. The van der Waals surface area contributed by atoms with Gasteiger partial charge >= 0.3 is 0 Å². The average molecular weight is 257 g/mol. The third kappa shape index (κ3) is 2.94. The number of carbonyl (C=O) groups excluding carboxylic acids is 1. The summed E-state index contributed by atoms with van der Waals surface area (Å²) in [5.74, 6) is 0.0483.